The molecule has 2 fully saturated rings. The second kappa shape index (κ2) is 5.33. The summed E-state index contributed by atoms with van der Waals surface area (Å²) in [6.07, 6.45) is 9.30. The maximum absolute atomic E-state index is 2.86. The van der Waals surface area contributed by atoms with Gasteiger partial charge in [-0.15, -0.1) is 11.8 Å². The molecule has 2 unspecified atom stereocenters. The van der Waals surface area contributed by atoms with Crippen LogP contribution in [0.1, 0.15) is 32.1 Å². The van der Waals surface area contributed by atoms with E-state index < -0.39 is 0 Å². The Morgan fingerprint density at radius 2 is 1.94 bits per heavy atom. The molecule has 0 radical (unpaired) electrons. The van der Waals surface area contributed by atoms with Crippen molar-refractivity contribution in [1.29, 1.82) is 0 Å². The van der Waals surface area contributed by atoms with Gasteiger partial charge in [0.1, 0.15) is 0 Å². The van der Waals surface area contributed by atoms with Gasteiger partial charge < -0.3 is 4.90 Å². The smallest absolute Gasteiger partial charge is 0.0279 e. The van der Waals surface area contributed by atoms with Crippen LogP contribution in [0.3, 0.4) is 0 Å². The highest BCUT2D eigenvalue weighted by Crippen LogP contribution is 2.36. The molecule has 2 atom stereocenters. The van der Waals surface area contributed by atoms with E-state index in [1.165, 1.54) is 51.7 Å². The van der Waals surface area contributed by atoms with Crippen molar-refractivity contribution in [3.8, 4) is 0 Å². The van der Waals surface area contributed by atoms with Gasteiger partial charge in [0.05, 0.1) is 0 Å². The first kappa shape index (κ1) is 12.1. The van der Waals surface area contributed by atoms with E-state index in [1.807, 2.05) is 0 Å². The molecule has 0 amide bonds. The maximum Gasteiger partial charge on any atom is 0.0279 e. The summed E-state index contributed by atoms with van der Waals surface area (Å²) in [5.74, 6) is 0. The predicted octanol–water partition coefficient (Wildman–Crippen LogP) is 2.56. The zero-order valence-electron chi connectivity index (χ0n) is 10.8. The summed E-state index contributed by atoms with van der Waals surface area (Å²) >= 11 is 2.08. The Morgan fingerprint density at radius 3 is 2.65 bits per heavy atom. The SMILES string of the molecule is CN1CCC(N2CCCC2C2CC=CS2)CC1. The average Bonchev–Trinajstić information content (AvgIpc) is 3.00. The zero-order valence-corrected chi connectivity index (χ0v) is 11.7. The molecule has 3 aliphatic heterocycles. The third-order valence-corrected chi connectivity index (χ3v) is 5.85. The van der Waals surface area contributed by atoms with E-state index in [4.69, 9.17) is 0 Å². The normalized spacial score (nSPS) is 37.0. The lowest BCUT2D eigenvalue weighted by Crippen LogP contribution is -2.48. The van der Waals surface area contributed by atoms with Crippen molar-refractivity contribution in [1.82, 2.24) is 9.80 Å². The van der Waals surface area contributed by atoms with Crippen molar-refractivity contribution < 1.29 is 0 Å². The van der Waals surface area contributed by atoms with Gasteiger partial charge in [0.25, 0.3) is 0 Å². The first-order chi connectivity index (χ1) is 8.34. The van der Waals surface area contributed by atoms with E-state index in [1.54, 1.807) is 0 Å². The lowest BCUT2D eigenvalue weighted by atomic mass is 10.0. The number of thioether (sulfide) groups is 1. The van der Waals surface area contributed by atoms with E-state index in [-0.39, 0.29) is 0 Å². The van der Waals surface area contributed by atoms with Gasteiger partial charge in [-0.1, -0.05) is 6.08 Å². The summed E-state index contributed by atoms with van der Waals surface area (Å²) in [7, 11) is 2.26. The van der Waals surface area contributed by atoms with Crippen LogP contribution < -0.4 is 0 Å². The lowest BCUT2D eigenvalue weighted by molar-refractivity contribution is 0.109. The fraction of sp³-hybridized carbons (Fsp3) is 0.857. The minimum absolute atomic E-state index is 0.858. The highest BCUT2D eigenvalue weighted by atomic mass is 32.2. The highest BCUT2D eigenvalue weighted by Gasteiger charge is 2.36. The Balaban J connectivity index is 1.61. The summed E-state index contributed by atoms with van der Waals surface area (Å²) in [5.41, 5.74) is 0. The first-order valence-electron chi connectivity index (χ1n) is 7.09. The van der Waals surface area contributed by atoms with Crippen LogP contribution in [0.15, 0.2) is 11.5 Å². The van der Waals surface area contributed by atoms with Crippen molar-refractivity contribution >= 4 is 11.8 Å². The fourth-order valence-corrected chi connectivity index (χ4v) is 4.76. The zero-order chi connectivity index (χ0) is 11.7. The number of allylic oxidation sites excluding steroid dienone is 1. The average molecular weight is 252 g/mol. The van der Waals surface area contributed by atoms with Crippen LogP contribution >= 0.6 is 11.8 Å². The Hall–Kier alpha value is 0.01000. The molecule has 0 aromatic rings. The lowest BCUT2D eigenvalue weighted by Gasteiger charge is -2.40. The molecule has 17 heavy (non-hydrogen) atoms. The van der Waals surface area contributed by atoms with Crippen LogP contribution in [-0.2, 0) is 0 Å². The molecule has 0 spiro atoms. The summed E-state index contributed by atoms with van der Waals surface area (Å²) < 4.78 is 0. The van der Waals surface area contributed by atoms with Crippen LogP contribution in [0.4, 0.5) is 0 Å². The molecule has 96 valence electrons. The van der Waals surface area contributed by atoms with Crippen LogP contribution in [0, 0.1) is 0 Å². The molecule has 0 aromatic carbocycles. The van der Waals surface area contributed by atoms with E-state index >= 15 is 0 Å². The minimum Gasteiger partial charge on any atom is -0.306 e. The number of rotatable bonds is 2. The summed E-state index contributed by atoms with van der Waals surface area (Å²) in [5, 5.41) is 3.17. The van der Waals surface area contributed by atoms with Crippen LogP contribution in [-0.4, -0.2) is 53.8 Å². The Labute approximate surface area is 109 Å². The van der Waals surface area contributed by atoms with Crippen LogP contribution in [0.2, 0.25) is 0 Å². The molecule has 0 saturated carbocycles. The predicted molar refractivity (Wildman–Crippen MR) is 75.4 cm³/mol. The summed E-state index contributed by atoms with van der Waals surface area (Å²) in [6, 6.07) is 1.74. The molecule has 2 nitrogen and oxygen atoms in total. The topological polar surface area (TPSA) is 6.48 Å². The molecule has 2 saturated heterocycles. The third kappa shape index (κ3) is 2.56. The Bertz CT molecular complexity index is 276. The monoisotopic (exact) mass is 252 g/mol. The molecule has 0 bridgehead atoms. The molecule has 0 aliphatic carbocycles. The van der Waals surface area contributed by atoms with Gasteiger partial charge in [0.2, 0.25) is 0 Å². The van der Waals surface area contributed by atoms with Gasteiger partial charge in [-0.2, -0.15) is 0 Å². The van der Waals surface area contributed by atoms with Gasteiger partial charge in [-0.3, -0.25) is 4.90 Å². The maximum atomic E-state index is 2.86. The van der Waals surface area contributed by atoms with Crippen molar-refractivity contribution in [2.75, 3.05) is 26.7 Å². The van der Waals surface area contributed by atoms with Gasteiger partial charge >= 0.3 is 0 Å². The summed E-state index contributed by atoms with van der Waals surface area (Å²) in [4.78, 5) is 5.34. The van der Waals surface area contributed by atoms with Crippen molar-refractivity contribution in [3.63, 3.8) is 0 Å². The van der Waals surface area contributed by atoms with Crippen molar-refractivity contribution in [2.24, 2.45) is 0 Å². The van der Waals surface area contributed by atoms with Crippen molar-refractivity contribution in [3.05, 3.63) is 11.5 Å². The number of hydrogen-bond donors (Lipinski definition) is 0. The second-order valence-corrected chi connectivity index (χ2v) is 6.91. The molecule has 3 heteroatoms. The van der Waals surface area contributed by atoms with Crippen molar-refractivity contribution in [2.45, 2.75) is 49.4 Å². The minimum atomic E-state index is 0.858. The Kier molecular flexibility index (Phi) is 3.78. The quantitative estimate of drug-likeness (QED) is 0.746. The van der Waals surface area contributed by atoms with Gasteiger partial charge in [-0.25, -0.2) is 0 Å². The second-order valence-electron chi connectivity index (χ2n) is 5.76. The van der Waals surface area contributed by atoms with E-state index in [0.717, 1.165) is 17.3 Å². The van der Waals surface area contributed by atoms with Gasteiger partial charge in [-0.05, 0) is 64.2 Å². The van der Waals surface area contributed by atoms with Gasteiger partial charge in [0.15, 0.2) is 0 Å². The largest absolute Gasteiger partial charge is 0.306 e. The summed E-state index contributed by atoms with van der Waals surface area (Å²) in [6.45, 7) is 3.95. The first-order valence-corrected chi connectivity index (χ1v) is 8.03. The number of hydrogen-bond acceptors (Lipinski definition) is 3. The number of likely N-dealkylation sites (tertiary alicyclic amines) is 2. The van der Waals surface area contributed by atoms with Crippen LogP contribution in [0.5, 0.6) is 0 Å². The van der Waals surface area contributed by atoms with E-state index in [0.29, 0.717) is 0 Å². The molecule has 0 N–H and O–H groups in total. The molecular formula is C14H24N2S. The number of piperidine rings is 1. The molecule has 0 aromatic heterocycles. The third-order valence-electron chi connectivity index (χ3n) is 4.65. The van der Waals surface area contributed by atoms with E-state index in [9.17, 15) is 0 Å². The Morgan fingerprint density at radius 1 is 1.12 bits per heavy atom. The molecule has 3 heterocycles. The fourth-order valence-electron chi connectivity index (χ4n) is 3.64. The van der Waals surface area contributed by atoms with Gasteiger partial charge in [0, 0.05) is 17.3 Å². The molecular weight excluding hydrogens is 228 g/mol. The molecule has 3 rings (SSSR count). The number of nitrogens with zero attached hydrogens (tertiary/aromatic N) is 2. The standard InChI is InChI=1S/C14H24N2S/c1-15-9-6-12(7-10-15)16-8-2-4-13(16)14-5-3-11-17-14/h3,11-14H,2,4-10H2,1H3. The molecule has 3 aliphatic rings. The highest BCUT2D eigenvalue weighted by molar-refractivity contribution is 8.03. The van der Waals surface area contributed by atoms with E-state index in [2.05, 4.69) is 40.1 Å². The van der Waals surface area contributed by atoms with Crippen LogP contribution in [0.25, 0.3) is 0 Å².